The zero-order valence-electron chi connectivity index (χ0n) is 12.4. The fourth-order valence-corrected chi connectivity index (χ4v) is 3.64. The highest BCUT2D eigenvalue weighted by molar-refractivity contribution is 5.79. The molecule has 2 fully saturated rings. The molecule has 0 N–H and O–H groups in total. The van der Waals surface area contributed by atoms with Gasteiger partial charge in [0.15, 0.2) is 0 Å². The van der Waals surface area contributed by atoms with Crippen molar-refractivity contribution in [3.8, 4) is 0 Å². The number of ketones is 1. The topological polar surface area (TPSA) is 20.3 Å². The van der Waals surface area contributed by atoms with Crippen LogP contribution in [-0.4, -0.2) is 29.8 Å². The summed E-state index contributed by atoms with van der Waals surface area (Å²) < 4.78 is 0. The van der Waals surface area contributed by atoms with Gasteiger partial charge in [0, 0.05) is 18.9 Å². The largest absolute Gasteiger partial charge is 0.300 e. The van der Waals surface area contributed by atoms with E-state index in [1.807, 2.05) is 0 Å². The van der Waals surface area contributed by atoms with Crippen molar-refractivity contribution in [1.82, 2.24) is 4.90 Å². The van der Waals surface area contributed by atoms with Crippen LogP contribution in [0.5, 0.6) is 0 Å². The first-order valence-corrected chi connectivity index (χ1v) is 7.72. The Labute approximate surface area is 112 Å². The summed E-state index contributed by atoms with van der Waals surface area (Å²) in [4.78, 5) is 14.0. The molecule has 2 aliphatic rings. The number of nitrogens with zero attached hydrogens (tertiary/aromatic N) is 1. The molecule has 2 nitrogen and oxygen atoms in total. The molecule has 0 spiro atoms. The second-order valence-electron chi connectivity index (χ2n) is 7.30. The number of likely N-dealkylation sites (tertiary alicyclic amines) is 1. The molecule has 1 aliphatic heterocycles. The van der Waals surface area contributed by atoms with E-state index in [9.17, 15) is 4.79 Å². The van der Waals surface area contributed by atoms with Crippen molar-refractivity contribution in [3.63, 3.8) is 0 Å². The van der Waals surface area contributed by atoms with Crippen molar-refractivity contribution in [2.75, 3.05) is 13.1 Å². The second kappa shape index (κ2) is 5.73. The Morgan fingerprint density at radius 3 is 2.28 bits per heavy atom. The fraction of sp³-hybridized carbons (Fsp3) is 0.938. The molecular weight excluding hydrogens is 222 g/mol. The van der Waals surface area contributed by atoms with Gasteiger partial charge in [0.2, 0.25) is 0 Å². The van der Waals surface area contributed by atoms with E-state index in [4.69, 9.17) is 0 Å². The van der Waals surface area contributed by atoms with Gasteiger partial charge in [-0.3, -0.25) is 4.79 Å². The lowest BCUT2D eigenvalue weighted by molar-refractivity contribution is -0.121. The lowest BCUT2D eigenvalue weighted by atomic mass is 9.77. The maximum Gasteiger partial charge on any atom is 0.133 e. The molecule has 0 aromatic carbocycles. The number of Topliss-reactive ketones (excluding diaryl/α,β-unsaturated/α-hetero) is 1. The normalized spacial score (nSPS) is 29.3. The Bertz CT molecular complexity index is 282. The van der Waals surface area contributed by atoms with Crippen LogP contribution in [0.1, 0.15) is 65.7 Å². The molecule has 104 valence electrons. The van der Waals surface area contributed by atoms with Crippen LogP contribution in [-0.2, 0) is 4.79 Å². The van der Waals surface area contributed by atoms with Crippen LogP contribution in [0.25, 0.3) is 0 Å². The molecule has 0 bridgehead atoms. The molecule has 1 saturated heterocycles. The third kappa shape index (κ3) is 3.57. The molecule has 1 atom stereocenters. The minimum absolute atomic E-state index is 0.457. The van der Waals surface area contributed by atoms with E-state index < -0.39 is 0 Å². The monoisotopic (exact) mass is 251 g/mol. The molecule has 0 amide bonds. The summed E-state index contributed by atoms with van der Waals surface area (Å²) in [6, 6.07) is 0.696. The lowest BCUT2D eigenvalue weighted by Crippen LogP contribution is -2.39. The average molecular weight is 251 g/mol. The first-order chi connectivity index (χ1) is 8.47. The Kier molecular flexibility index (Phi) is 4.47. The van der Waals surface area contributed by atoms with Gasteiger partial charge >= 0.3 is 0 Å². The van der Waals surface area contributed by atoms with E-state index in [-0.39, 0.29) is 0 Å². The van der Waals surface area contributed by atoms with E-state index in [2.05, 4.69) is 25.7 Å². The number of carbonyl (C=O) groups excluding carboxylic acids is 1. The van der Waals surface area contributed by atoms with Crippen molar-refractivity contribution in [2.24, 2.45) is 11.3 Å². The maximum absolute atomic E-state index is 11.3. The first kappa shape index (κ1) is 14.0. The van der Waals surface area contributed by atoms with Gasteiger partial charge in [-0.25, -0.2) is 0 Å². The molecule has 1 saturated carbocycles. The first-order valence-electron chi connectivity index (χ1n) is 7.72. The van der Waals surface area contributed by atoms with Crippen molar-refractivity contribution in [1.29, 1.82) is 0 Å². The van der Waals surface area contributed by atoms with Crippen molar-refractivity contribution < 1.29 is 4.79 Å². The fourth-order valence-electron chi connectivity index (χ4n) is 3.64. The number of hydrogen-bond donors (Lipinski definition) is 0. The van der Waals surface area contributed by atoms with Crippen molar-refractivity contribution in [2.45, 2.75) is 71.8 Å². The Morgan fingerprint density at radius 1 is 1.00 bits per heavy atom. The molecular formula is C16H29NO. The summed E-state index contributed by atoms with van der Waals surface area (Å²) in [7, 11) is 0. The van der Waals surface area contributed by atoms with Gasteiger partial charge in [0.25, 0.3) is 0 Å². The third-order valence-electron chi connectivity index (χ3n) is 5.02. The van der Waals surface area contributed by atoms with E-state index in [0.29, 0.717) is 17.2 Å². The molecule has 2 rings (SSSR count). The molecule has 1 heterocycles. The van der Waals surface area contributed by atoms with Gasteiger partial charge in [-0.15, -0.1) is 0 Å². The highest BCUT2D eigenvalue weighted by atomic mass is 16.1. The van der Waals surface area contributed by atoms with Gasteiger partial charge in [-0.2, -0.15) is 0 Å². The average Bonchev–Trinajstić information content (AvgIpc) is 2.55. The smallest absolute Gasteiger partial charge is 0.133 e. The predicted octanol–water partition coefficient (Wildman–Crippen LogP) is 3.65. The quantitative estimate of drug-likeness (QED) is 0.709. The zero-order valence-corrected chi connectivity index (χ0v) is 12.4. The van der Waals surface area contributed by atoms with E-state index in [1.54, 1.807) is 0 Å². The van der Waals surface area contributed by atoms with Gasteiger partial charge in [0.05, 0.1) is 0 Å². The van der Waals surface area contributed by atoms with Crippen LogP contribution in [0.4, 0.5) is 0 Å². The minimum Gasteiger partial charge on any atom is -0.300 e. The Balaban J connectivity index is 1.87. The number of rotatable bonds is 1. The van der Waals surface area contributed by atoms with Gasteiger partial charge in [-0.1, -0.05) is 20.8 Å². The minimum atomic E-state index is 0.457. The highest BCUT2D eigenvalue weighted by Gasteiger charge is 2.30. The number of carbonyl (C=O) groups is 1. The van der Waals surface area contributed by atoms with E-state index >= 15 is 0 Å². The standard InChI is InChI=1S/C16H29NO/c1-16(2,3)13-5-4-11-17(12-10-13)14-6-8-15(18)9-7-14/h13-14H,4-12H2,1-3H3. The Morgan fingerprint density at radius 2 is 1.67 bits per heavy atom. The summed E-state index contributed by atoms with van der Waals surface area (Å²) >= 11 is 0. The molecule has 0 aromatic heterocycles. The third-order valence-corrected chi connectivity index (χ3v) is 5.02. The summed E-state index contributed by atoms with van der Waals surface area (Å²) in [6.07, 6.45) is 7.93. The molecule has 1 unspecified atom stereocenters. The Hall–Kier alpha value is -0.370. The SMILES string of the molecule is CC(C)(C)C1CCCN(C2CCC(=O)CC2)CC1. The van der Waals surface area contributed by atoms with Crippen LogP contribution in [0, 0.1) is 11.3 Å². The zero-order chi connectivity index (χ0) is 13.2. The molecule has 18 heavy (non-hydrogen) atoms. The van der Waals surface area contributed by atoms with Crippen LogP contribution >= 0.6 is 0 Å². The predicted molar refractivity (Wildman–Crippen MR) is 75.6 cm³/mol. The molecule has 0 radical (unpaired) electrons. The molecule has 0 aromatic rings. The van der Waals surface area contributed by atoms with Crippen molar-refractivity contribution in [3.05, 3.63) is 0 Å². The maximum atomic E-state index is 11.3. The van der Waals surface area contributed by atoms with Gasteiger partial charge in [-0.05, 0) is 56.5 Å². The van der Waals surface area contributed by atoms with E-state index in [1.165, 1.54) is 32.4 Å². The number of hydrogen-bond acceptors (Lipinski definition) is 2. The van der Waals surface area contributed by atoms with Crippen LogP contribution in [0.15, 0.2) is 0 Å². The molecule has 2 heteroatoms. The van der Waals surface area contributed by atoms with Gasteiger partial charge < -0.3 is 4.90 Å². The van der Waals surface area contributed by atoms with E-state index in [0.717, 1.165) is 31.6 Å². The van der Waals surface area contributed by atoms with Crippen molar-refractivity contribution >= 4 is 5.78 Å². The summed E-state index contributed by atoms with van der Waals surface area (Å²) in [5, 5.41) is 0. The van der Waals surface area contributed by atoms with Crippen LogP contribution in [0.2, 0.25) is 0 Å². The lowest BCUT2D eigenvalue weighted by Gasteiger charge is -2.34. The van der Waals surface area contributed by atoms with Crippen LogP contribution in [0.3, 0.4) is 0 Å². The molecule has 1 aliphatic carbocycles. The highest BCUT2D eigenvalue weighted by Crippen LogP contribution is 2.35. The summed E-state index contributed by atoms with van der Waals surface area (Å²) in [5.74, 6) is 1.35. The summed E-state index contributed by atoms with van der Waals surface area (Å²) in [5.41, 5.74) is 0.457. The van der Waals surface area contributed by atoms with Crippen LogP contribution < -0.4 is 0 Å². The van der Waals surface area contributed by atoms with Gasteiger partial charge in [0.1, 0.15) is 5.78 Å². The summed E-state index contributed by atoms with van der Waals surface area (Å²) in [6.45, 7) is 9.65. The second-order valence-corrected chi connectivity index (χ2v) is 7.30.